The topological polar surface area (TPSA) is 102 Å². The SMILES string of the molecule is COc1ccc(S(=O)(=O)N2Cc3cc(-c4ccnc(OC)c4)ccc3N(Cc3cncn3C)C[C@H]2Cc2ccc(Nc3ccccc3)cc2)cc1. The molecule has 10 nitrogen and oxygen atoms in total. The molecule has 11 heteroatoms. The van der Waals surface area contributed by atoms with Crippen LogP contribution in [-0.2, 0) is 36.6 Å². The van der Waals surface area contributed by atoms with Crippen LogP contribution in [0.2, 0.25) is 0 Å². The van der Waals surface area contributed by atoms with Crippen LogP contribution in [0.5, 0.6) is 11.6 Å². The molecule has 51 heavy (non-hydrogen) atoms. The van der Waals surface area contributed by atoms with Crippen molar-refractivity contribution in [2.75, 3.05) is 31.0 Å². The molecule has 7 rings (SSSR count). The highest BCUT2D eigenvalue weighted by molar-refractivity contribution is 7.89. The molecule has 0 aliphatic carbocycles. The fourth-order valence-electron chi connectivity index (χ4n) is 6.54. The second-order valence-electron chi connectivity index (χ2n) is 12.6. The first kappa shape index (κ1) is 33.8. The highest BCUT2D eigenvalue weighted by Gasteiger charge is 2.37. The monoisotopic (exact) mass is 700 g/mol. The number of fused-ring (bicyclic) bond motifs is 1. The first-order valence-electron chi connectivity index (χ1n) is 16.7. The lowest BCUT2D eigenvalue weighted by molar-refractivity contribution is 0.317. The number of para-hydroxylation sites is 1. The average molecular weight is 701 g/mol. The van der Waals surface area contributed by atoms with Gasteiger partial charge in [-0.15, -0.1) is 0 Å². The van der Waals surface area contributed by atoms with E-state index in [4.69, 9.17) is 9.47 Å². The van der Waals surface area contributed by atoms with Crippen LogP contribution >= 0.6 is 0 Å². The standard InChI is InChI=1S/C40H40N6O4S/c1-44-28-41-24-36(44)27-45-26-35(21-29-9-12-34(13-10-29)43-33-7-5-4-6-8-33)46(51(47,48)38-16-14-37(49-2)15-17-38)25-32-22-30(11-18-39(32)45)31-19-20-42-40(23-31)50-3/h4-20,22-24,28,35,43H,21,25-27H2,1-3H3/t35-/m1/s1. The number of hydrogen-bond acceptors (Lipinski definition) is 8. The Kier molecular flexibility index (Phi) is 9.74. The molecular weight excluding hydrogens is 661 g/mol. The van der Waals surface area contributed by atoms with Crippen molar-refractivity contribution < 1.29 is 17.9 Å². The van der Waals surface area contributed by atoms with Gasteiger partial charge in [0.2, 0.25) is 15.9 Å². The number of anilines is 3. The molecule has 0 unspecified atom stereocenters. The highest BCUT2D eigenvalue weighted by atomic mass is 32.2. The summed E-state index contributed by atoms with van der Waals surface area (Å²) >= 11 is 0. The van der Waals surface area contributed by atoms with Crippen molar-refractivity contribution in [1.29, 1.82) is 0 Å². The van der Waals surface area contributed by atoms with Crippen molar-refractivity contribution in [1.82, 2.24) is 18.8 Å². The number of benzene rings is 4. The zero-order chi connectivity index (χ0) is 35.4. The molecule has 0 fully saturated rings. The van der Waals surface area contributed by atoms with Crippen molar-refractivity contribution in [3.63, 3.8) is 0 Å². The number of nitrogens with zero attached hydrogens (tertiary/aromatic N) is 5. The smallest absolute Gasteiger partial charge is 0.243 e. The van der Waals surface area contributed by atoms with Gasteiger partial charge in [-0.2, -0.15) is 4.31 Å². The molecular formula is C40H40N6O4S. The molecule has 1 atom stereocenters. The maximum atomic E-state index is 14.7. The lowest BCUT2D eigenvalue weighted by atomic mass is 10.0. The number of aromatic nitrogens is 3. The third-order valence-corrected chi connectivity index (χ3v) is 11.2. The molecule has 3 heterocycles. The van der Waals surface area contributed by atoms with E-state index in [0.29, 0.717) is 31.1 Å². The van der Waals surface area contributed by atoms with Gasteiger partial charge in [0, 0.05) is 61.7 Å². The van der Waals surface area contributed by atoms with Gasteiger partial charge in [-0.05, 0) is 95.4 Å². The molecule has 0 saturated heterocycles. The predicted octanol–water partition coefficient (Wildman–Crippen LogP) is 7.07. The van der Waals surface area contributed by atoms with Gasteiger partial charge < -0.3 is 24.3 Å². The number of imidazole rings is 1. The molecule has 0 radical (unpaired) electrons. The van der Waals surface area contributed by atoms with E-state index in [1.165, 1.54) is 0 Å². The minimum atomic E-state index is -3.96. The first-order valence-corrected chi connectivity index (χ1v) is 18.1. The minimum Gasteiger partial charge on any atom is -0.497 e. The molecule has 0 amide bonds. The van der Waals surface area contributed by atoms with Crippen LogP contribution in [0, 0.1) is 0 Å². The number of pyridine rings is 1. The maximum absolute atomic E-state index is 14.7. The van der Waals surface area contributed by atoms with Gasteiger partial charge in [0.05, 0.1) is 37.7 Å². The Morgan fingerprint density at radius 1 is 0.843 bits per heavy atom. The molecule has 1 aliphatic heterocycles. The van der Waals surface area contributed by atoms with E-state index in [1.807, 2.05) is 72.4 Å². The third-order valence-electron chi connectivity index (χ3n) is 9.29. The van der Waals surface area contributed by atoms with E-state index in [9.17, 15) is 8.42 Å². The van der Waals surface area contributed by atoms with Crippen molar-refractivity contribution in [3.05, 3.63) is 145 Å². The number of ether oxygens (including phenoxy) is 2. The van der Waals surface area contributed by atoms with Gasteiger partial charge in [0.25, 0.3) is 0 Å². The summed E-state index contributed by atoms with van der Waals surface area (Å²) in [5.74, 6) is 1.10. The number of sulfonamides is 1. The van der Waals surface area contributed by atoms with Crippen molar-refractivity contribution in [2.24, 2.45) is 7.05 Å². The normalized spacial score (nSPS) is 14.8. The average Bonchev–Trinajstić information content (AvgIpc) is 3.50. The van der Waals surface area contributed by atoms with Crippen LogP contribution in [-0.4, -0.2) is 54.1 Å². The molecule has 4 aromatic carbocycles. The van der Waals surface area contributed by atoms with Crippen LogP contribution in [0.1, 0.15) is 16.8 Å². The Balaban J connectivity index is 1.30. The first-order chi connectivity index (χ1) is 24.8. The van der Waals surface area contributed by atoms with Crippen molar-refractivity contribution in [2.45, 2.75) is 30.4 Å². The fraction of sp³-hybridized carbons (Fsp3) is 0.200. The lowest BCUT2D eigenvalue weighted by Gasteiger charge is -2.32. The minimum absolute atomic E-state index is 0.181. The van der Waals surface area contributed by atoms with Crippen LogP contribution in [0.15, 0.2) is 133 Å². The Morgan fingerprint density at radius 2 is 1.59 bits per heavy atom. The zero-order valence-corrected chi connectivity index (χ0v) is 29.6. The Morgan fingerprint density at radius 3 is 2.29 bits per heavy atom. The van der Waals surface area contributed by atoms with E-state index in [2.05, 4.69) is 50.5 Å². The summed E-state index contributed by atoms with van der Waals surface area (Å²) in [6.07, 6.45) is 5.87. The summed E-state index contributed by atoms with van der Waals surface area (Å²) in [7, 11) is 1.17. The number of nitrogens with one attached hydrogen (secondary N) is 1. The van der Waals surface area contributed by atoms with Crippen molar-refractivity contribution >= 4 is 27.1 Å². The van der Waals surface area contributed by atoms with E-state index >= 15 is 0 Å². The molecule has 0 spiro atoms. The Bertz CT molecular complexity index is 2210. The van der Waals surface area contributed by atoms with Crippen LogP contribution in [0.4, 0.5) is 17.1 Å². The molecule has 260 valence electrons. The Labute approximate surface area is 299 Å². The van der Waals surface area contributed by atoms with Crippen LogP contribution < -0.4 is 19.7 Å². The largest absolute Gasteiger partial charge is 0.497 e. The molecule has 0 saturated carbocycles. The summed E-state index contributed by atoms with van der Waals surface area (Å²) in [5.41, 5.74) is 7.75. The van der Waals surface area contributed by atoms with Gasteiger partial charge >= 0.3 is 0 Å². The van der Waals surface area contributed by atoms with E-state index in [-0.39, 0.29) is 11.4 Å². The van der Waals surface area contributed by atoms with Gasteiger partial charge in [-0.1, -0.05) is 36.4 Å². The molecule has 1 aliphatic rings. The summed E-state index contributed by atoms with van der Waals surface area (Å²) in [6, 6.07) is 34.5. The van der Waals surface area contributed by atoms with Crippen LogP contribution in [0.3, 0.4) is 0 Å². The number of hydrogen-bond donors (Lipinski definition) is 1. The van der Waals surface area contributed by atoms with Gasteiger partial charge in [0.1, 0.15) is 5.75 Å². The molecule has 1 N–H and O–H groups in total. The second kappa shape index (κ2) is 14.7. The number of rotatable bonds is 11. The molecule has 2 aromatic heterocycles. The van der Waals surface area contributed by atoms with Gasteiger partial charge in [-0.3, -0.25) is 0 Å². The van der Waals surface area contributed by atoms with E-state index in [1.54, 1.807) is 55.3 Å². The maximum Gasteiger partial charge on any atom is 0.243 e. The van der Waals surface area contributed by atoms with Gasteiger partial charge in [0.15, 0.2) is 0 Å². The summed E-state index contributed by atoms with van der Waals surface area (Å²) in [6.45, 7) is 1.19. The van der Waals surface area contributed by atoms with Crippen molar-refractivity contribution in [3.8, 4) is 22.8 Å². The van der Waals surface area contributed by atoms with Gasteiger partial charge in [-0.25, -0.2) is 18.4 Å². The second-order valence-corrected chi connectivity index (χ2v) is 14.5. The molecule has 6 aromatic rings. The molecule has 0 bridgehead atoms. The fourth-order valence-corrected chi connectivity index (χ4v) is 8.13. The van der Waals surface area contributed by atoms with Crippen LogP contribution in [0.25, 0.3) is 11.1 Å². The summed E-state index contributed by atoms with van der Waals surface area (Å²) in [4.78, 5) is 11.1. The lowest BCUT2D eigenvalue weighted by Crippen LogP contribution is -2.45. The number of aryl methyl sites for hydroxylation is 1. The summed E-state index contributed by atoms with van der Waals surface area (Å²) in [5, 5.41) is 3.44. The Hall–Kier alpha value is -5.65. The number of methoxy groups -OCH3 is 2. The predicted molar refractivity (Wildman–Crippen MR) is 200 cm³/mol. The zero-order valence-electron chi connectivity index (χ0n) is 28.8. The third kappa shape index (κ3) is 7.45. The quantitative estimate of drug-likeness (QED) is 0.153. The highest BCUT2D eigenvalue weighted by Crippen LogP contribution is 2.36. The van der Waals surface area contributed by atoms with E-state index < -0.39 is 16.1 Å². The summed E-state index contributed by atoms with van der Waals surface area (Å²) < 4.78 is 43.9. The van der Waals surface area contributed by atoms with E-state index in [0.717, 1.165) is 45.0 Å².